The highest BCUT2D eigenvalue weighted by molar-refractivity contribution is 5.80. The Labute approximate surface area is 75.6 Å². The average molecular weight is 178 g/mol. The molecule has 0 fully saturated rings. The van der Waals surface area contributed by atoms with Gasteiger partial charge in [-0.1, -0.05) is 0 Å². The molecule has 1 aromatic carbocycles. The minimum Gasteiger partial charge on any atom is -0.361 e. The van der Waals surface area contributed by atoms with Gasteiger partial charge in [0.05, 0.1) is 0 Å². The van der Waals surface area contributed by atoms with Crippen LogP contribution in [0.4, 0.5) is 4.39 Å². The molecule has 1 aromatic heterocycles. The molecule has 13 heavy (non-hydrogen) atoms. The zero-order chi connectivity index (χ0) is 9.42. The molecule has 0 saturated heterocycles. The third-order valence-corrected chi connectivity index (χ3v) is 2.16. The van der Waals surface area contributed by atoms with E-state index in [4.69, 9.17) is 5.73 Å². The van der Waals surface area contributed by atoms with Gasteiger partial charge in [-0.2, -0.15) is 0 Å². The molecule has 0 unspecified atom stereocenters. The minimum atomic E-state index is -0.265. The minimum absolute atomic E-state index is 0.245. The van der Waals surface area contributed by atoms with Crippen LogP contribution in [-0.2, 0) is 0 Å². The first-order valence-electron chi connectivity index (χ1n) is 4.20. The van der Waals surface area contributed by atoms with Crippen molar-refractivity contribution in [1.82, 2.24) is 4.98 Å². The van der Waals surface area contributed by atoms with Crippen LogP contribution >= 0.6 is 0 Å². The maximum absolute atomic E-state index is 13.3. The Morgan fingerprint density at radius 3 is 2.92 bits per heavy atom. The maximum Gasteiger partial charge on any atom is 0.130 e. The van der Waals surface area contributed by atoms with Crippen LogP contribution in [0.3, 0.4) is 0 Å². The van der Waals surface area contributed by atoms with Crippen molar-refractivity contribution in [3.63, 3.8) is 0 Å². The van der Waals surface area contributed by atoms with Gasteiger partial charge >= 0.3 is 0 Å². The van der Waals surface area contributed by atoms with Crippen molar-refractivity contribution in [1.29, 1.82) is 0 Å². The lowest BCUT2D eigenvalue weighted by atomic mass is 10.1. The summed E-state index contributed by atoms with van der Waals surface area (Å²) in [5.41, 5.74) is 6.99. The van der Waals surface area contributed by atoms with Gasteiger partial charge in [-0.15, -0.1) is 0 Å². The molecule has 3 N–H and O–H groups in total. The van der Waals surface area contributed by atoms with Gasteiger partial charge in [0.25, 0.3) is 0 Å². The van der Waals surface area contributed by atoms with E-state index in [2.05, 4.69) is 4.98 Å². The predicted molar refractivity (Wildman–Crippen MR) is 50.9 cm³/mol. The first-order valence-corrected chi connectivity index (χ1v) is 4.20. The van der Waals surface area contributed by atoms with Crippen LogP contribution in [-0.4, -0.2) is 4.98 Å². The number of halogens is 1. The monoisotopic (exact) mass is 178 g/mol. The second kappa shape index (κ2) is 2.85. The quantitative estimate of drug-likeness (QED) is 0.691. The number of hydrogen-bond acceptors (Lipinski definition) is 1. The van der Waals surface area contributed by atoms with Crippen molar-refractivity contribution >= 4 is 10.9 Å². The molecule has 0 aliphatic carbocycles. The first-order chi connectivity index (χ1) is 6.18. The predicted octanol–water partition coefficient (Wildman–Crippen LogP) is 2.33. The number of H-pyrrole nitrogens is 1. The molecule has 0 spiro atoms. The highest BCUT2D eigenvalue weighted by atomic mass is 19.1. The summed E-state index contributed by atoms with van der Waals surface area (Å²) < 4.78 is 13.3. The van der Waals surface area contributed by atoms with Crippen molar-refractivity contribution in [2.75, 3.05) is 0 Å². The number of rotatable bonds is 1. The van der Waals surface area contributed by atoms with Crippen LogP contribution in [0.1, 0.15) is 18.5 Å². The molecule has 3 heteroatoms. The highest BCUT2D eigenvalue weighted by Gasteiger charge is 2.08. The number of aromatic amines is 1. The van der Waals surface area contributed by atoms with E-state index in [0.29, 0.717) is 5.56 Å². The summed E-state index contributed by atoms with van der Waals surface area (Å²) in [6, 6.07) is 4.90. The molecule has 2 rings (SSSR count). The Morgan fingerprint density at radius 1 is 1.46 bits per heavy atom. The zero-order valence-electron chi connectivity index (χ0n) is 7.34. The lowest BCUT2D eigenvalue weighted by Gasteiger charge is -2.06. The smallest absolute Gasteiger partial charge is 0.130 e. The number of fused-ring (bicyclic) bond motifs is 1. The van der Waals surface area contributed by atoms with Crippen LogP contribution in [0.25, 0.3) is 10.9 Å². The highest BCUT2D eigenvalue weighted by Crippen LogP contribution is 2.21. The van der Waals surface area contributed by atoms with E-state index in [1.807, 2.05) is 6.07 Å². The Morgan fingerprint density at radius 2 is 2.23 bits per heavy atom. The summed E-state index contributed by atoms with van der Waals surface area (Å²) in [6.45, 7) is 1.77. The molecule has 68 valence electrons. The van der Waals surface area contributed by atoms with E-state index in [0.717, 1.165) is 10.9 Å². The van der Waals surface area contributed by atoms with Crippen molar-refractivity contribution in [3.05, 3.63) is 35.8 Å². The molecule has 1 heterocycles. The summed E-state index contributed by atoms with van der Waals surface area (Å²) in [6.07, 6.45) is 1.79. The summed E-state index contributed by atoms with van der Waals surface area (Å²) in [7, 11) is 0. The second-order valence-corrected chi connectivity index (χ2v) is 3.23. The van der Waals surface area contributed by atoms with Crippen LogP contribution in [0.15, 0.2) is 24.4 Å². The van der Waals surface area contributed by atoms with Crippen LogP contribution in [0.2, 0.25) is 0 Å². The van der Waals surface area contributed by atoms with Gasteiger partial charge in [0, 0.05) is 23.3 Å². The van der Waals surface area contributed by atoms with Gasteiger partial charge < -0.3 is 10.7 Å². The third kappa shape index (κ3) is 1.31. The fourth-order valence-electron chi connectivity index (χ4n) is 1.44. The van der Waals surface area contributed by atoms with Gasteiger partial charge in [-0.05, 0) is 30.5 Å². The van der Waals surface area contributed by atoms with E-state index in [1.165, 1.54) is 6.07 Å². The van der Waals surface area contributed by atoms with Crippen molar-refractivity contribution in [3.8, 4) is 0 Å². The lowest BCUT2D eigenvalue weighted by molar-refractivity contribution is 0.596. The molecule has 1 atom stereocenters. The fraction of sp³-hybridized carbons (Fsp3) is 0.200. The largest absolute Gasteiger partial charge is 0.361 e. The average Bonchev–Trinajstić information content (AvgIpc) is 2.48. The summed E-state index contributed by atoms with van der Waals surface area (Å²) >= 11 is 0. The molecule has 2 aromatic rings. The number of hydrogen-bond donors (Lipinski definition) is 2. The molecule has 0 radical (unpaired) electrons. The van der Waals surface area contributed by atoms with Crippen molar-refractivity contribution in [2.24, 2.45) is 5.73 Å². The standard InChI is InChI=1S/C10H11FN2/c1-6(12)8-4-7-2-3-13-10(7)5-9(8)11/h2-6,13H,12H2,1H3/t6-/m1/s1. The zero-order valence-corrected chi connectivity index (χ0v) is 7.34. The first kappa shape index (κ1) is 8.26. The van der Waals surface area contributed by atoms with Gasteiger partial charge in [-0.3, -0.25) is 0 Å². The number of nitrogens with one attached hydrogen (secondary N) is 1. The second-order valence-electron chi connectivity index (χ2n) is 3.23. The Balaban J connectivity index is 2.69. The summed E-state index contributed by atoms with van der Waals surface area (Å²) in [5, 5.41) is 0.994. The SMILES string of the molecule is C[C@@H](N)c1cc2cc[nH]c2cc1F. The van der Waals surface area contributed by atoms with E-state index in [-0.39, 0.29) is 11.9 Å². The molecule has 0 aliphatic rings. The number of aromatic nitrogens is 1. The molecule has 0 bridgehead atoms. The molecule has 0 aliphatic heterocycles. The van der Waals surface area contributed by atoms with E-state index in [1.54, 1.807) is 19.2 Å². The molecular formula is C10H11FN2. The molecule has 0 saturated carbocycles. The maximum atomic E-state index is 13.3. The lowest BCUT2D eigenvalue weighted by Crippen LogP contribution is -2.07. The van der Waals surface area contributed by atoms with Gasteiger partial charge in [0.2, 0.25) is 0 Å². The number of nitrogens with two attached hydrogens (primary N) is 1. The van der Waals surface area contributed by atoms with Crippen molar-refractivity contribution < 1.29 is 4.39 Å². The Bertz CT molecular complexity index is 431. The van der Waals surface area contributed by atoms with E-state index < -0.39 is 0 Å². The number of benzene rings is 1. The Hall–Kier alpha value is -1.35. The summed E-state index contributed by atoms with van der Waals surface area (Å²) in [4.78, 5) is 2.95. The van der Waals surface area contributed by atoms with Crippen LogP contribution in [0, 0.1) is 5.82 Å². The fourth-order valence-corrected chi connectivity index (χ4v) is 1.44. The van der Waals surface area contributed by atoms with Crippen molar-refractivity contribution in [2.45, 2.75) is 13.0 Å². The topological polar surface area (TPSA) is 41.8 Å². The molecule has 0 amide bonds. The van der Waals surface area contributed by atoms with E-state index >= 15 is 0 Å². The normalized spacial score (nSPS) is 13.5. The van der Waals surface area contributed by atoms with Gasteiger partial charge in [0.1, 0.15) is 5.82 Å². The van der Waals surface area contributed by atoms with Crippen LogP contribution < -0.4 is 5.73 Å². The van der Waals surface area contributed by atoms with Gasteiger partial charge in [0.15, 0.2) is 0 Å². The summed E-state index contributed by atoms with van der Waals surface area (Å²) in [5.74, 6) is -0.245. The third-order valence-electron chi connectivity index (χ3n) is 2.16. The molecule has 2 nitrogen and oxygen atoms in total. The van der Waals surface area contributed by atoms with E-state index in [9.17, 15) is 4.39 Å². The van der Waals surface area contributed by atoms with Crippen LogP contribution in [0.5, 0.6) is 0 Å². The Kier molecular flexibility index (Phi) is 1.81. The van der Waals surface area contributed by atoms with Gasteiger partial charge in [-0.25, -0.2) is 4.39 Å². The molecular weight excluding hydrogens is 167 g/mol.